The van der Waals surface area contributed by atoms with Crippen molar-refractivity contribution in [3.63, 3.8) is 0 Å². The predicted octanol–water partition coefficient (Wildman–Crippen LogP) is 6.69. The number of nitrogens with one attached hydrogen (secondary N) is 3. The Bertz CT molecular complexity index is 1310. The van der Waals surface area contributed by atoms with Gasteiger partial charge in [-0.05, 0) is 81.1 Å². The maximum atomic E-state index is 13.5. The molecule has 1 fully saturated rings. The molecular weight excluding hydrogens is 529 g/mol. The Labute approximate surface area is 230 Å². The molecule has 0 radical (unpaired) electrons. The second kappa shape index (κ2) is 12.6. The third-order valence-electron chi connectivity index (χ3n) is 6.50. The maximum absolute atomic E-state index is 13.5. The molecule has 3 aromatic rings. The Hall–Kier alpha value is -3.44. The molecule has 0 aliphatic carbocycles. The zero-order chi connectivity index (χ0) is 28.0. The summed E-state index contributed by atoms with van der Waals surface area (Å²) in [5.74, 6) is 1.12. The zero-order valence-corrected chi connectivity index (χ0v) is 22.8. The van der Waals surface area contributed by atoms with Gasteiger partial charge in [-0.2, -0.15) is 13.2 Å². The number of carbonyl (C=O) groups is 1. The molecule has 0 bridgehead atoms. The molecule has 2 aromatic carbocycles. The summed E-state index contributed by atoms with van der Waals surface area (Å²) < 4.78 is 54.8. The quantitative estimate of drug-likeness (QED) is 0.251. The number of aromatic nitrogens is 1. The third-order valence-corrected chi connectivity index (χ3v) is 6.93. The van der Waals surface area contributed by atoms with Crippen molar-refractivity contribution in [3.8, 4) is 17.2 Å². The van der Waals surface area contributed by atoms with Gasteiger partial charge >= 0.3 is 6.18 Å². The lowest BCUT2D eigenvalue weighted by Gasteiger charge is -2.22. The van der Waals surface area contributed by atoms with Crippen molar-refractivity contribution in [1.29, 1.82) is 0 Å². The first-order valence-electron chi connectivity index (χ1n) is 12.5. The molecule has 1 aromatic heterocycles. The number of rotatable bonds is 9. The van der Waals surface area contributed by atoms with E-state index < -0.39 is 17.6 Å². The second-order valence-corrected chi connectivity index (χ2v) is 9.94. The van der Waals surface area contributed by atoms with E-state index in [1.165, 1.54) is 7.11 Å². The number of ether oxygens (including phenoxy) is 2. The largest absolute Gasteiger partial charge is 0.492 e. The minimum absolute atomic E-state index is 0.0901. The van der Waals surface area contributed by atoms with Gasteiger partial charge in [-0.1, -0.05) is 18.0 Å². The number of aryl methyl sites for hydroxylation is 1. The lowest BCUT2D eigenvalue weighted by molar-refractivity contribution is -0.137. The van der Waals surface area contributed by atoms with Gasteiger partial charge in [0.05, 0.1) is 24.0 Å². The van der Waals surface area contributed by atoms with Crippen molar-refractivity contribution in [1.82, 2.24) is 10.3 Å². The van der Waals surface area contributed by atoms with Crippen molar-refractivity contribution < 1.29 is 27.4 Å². The molecule has 1 aliphatic heterocycles. The molecule has 208 valence electrons. The average Bonchev–Trinajstić information content (AvgIpc) is 2.90. The third kappa shape index (κ3) is 7.36. The van der Waals surface area contributed by atoms with E-state index >= 15 is 0 Å². The summed E-state index contributed by atoms with van der Waals surface area (Å²) in [6.07, 6.45) is 1.85. The van der Waals surface area contributed by atoms with Crippen LogP contribution in [-0.2, 0) is 12.6 Å². The van der Waals surface area contributed by atoms with Crippen molar-refractivity contribution in [2.75, 3.05) is 36.5 Å². The highest BCUT2D eigenvalue weighted by molar-refractivity contribution is 7.99. The fraction of sp³-hybridized carbons (Fsp3) is 0.357. The van der Waals surface area contributed by atoms with Crippen molar-refractivity contribution in [2.45, 2.75) is 32.4 Å². The van der Waals surface area contributed by atoms with E-state index in [1.807, 2.05) is 13.0 Å². The van der Waals surface area contributed by atoms with Crippen LogP contribution >= 0.6 is 11.9 Å². The van der Waals surface area contributed by atoms with Gasteiger partial charge in [-0.3, -0.25) is 9.78 Å². The number of amides is 1. The first-order valence-corrected chi connectivity index (χ1v) is 13.7. The molecule has 2 heterocycles. The van der Waals surface area contributed by atoms with Crippen LogP contribution in [0.15, 0.2) is 48.7 Å². The van der Waals surface area contributed by atoms with Gasteiger partial charge in [-0.15, -0.1) is 0 Å². The van der Waals surface area contributed by atoms with Gasteiger partial charge in [0.25, 0.3) is 5.91 Å². The van der Waals surface area contributed by atoms with Crippen LogP contribution < -0.4 is 24.8 Å². The molecule has 0 unspecified atom stereocenters. The molecule has 0 saturated carbocycles. The molecule has 1 aliphatic rings. The summed E-state index contributed by atoms with van der Waals surface area (Å²) in [7, 11) is 1.33. The van der Waals surface area contributed by atoms with Gasteiger partial charge in [-0.25, -0.2) is 0 Å². The maximum Gasteiger partial charge on any atom is 0.416 e. The highest BCUT2D eigenvalue weighted by Crippen LogP contribution is 2.41. The summed E-state index contributed by atoms with van der Waals surface area (Å²) in [5, 5.41) is 5.94. The Balaban J connectivity index is 1.55. The van der Waals surface area contributed by atoms with E-state index in [0.717, 1.165) is 67.7 Å². The van der Waals surface area contributed by atoms with Crippen LogP contribution in [0.1, 0.15) is 40.0 Å². The summed E-state index contributed by atoms with van der Waals surface area (Å²) in [4.78, 5) is 17.6. The van der Waals surface area contributed by atoms with Crippen LogP contribution in [-0.4, -0.2) is 37.3 Å². The van der Waals surface area contributed by atoms with E-state index in [2.05, 4.69) is 20.3 Å². The van der Waals surface area contributed by atoms with E-state index in [-0.39, 0.29) is 22.7 Å². The monoisotopic (exact) mass is 560 g/mol. The number of benzene rings is 2. The first kappa shape index (κ1) is 28.6. The van der Waals surface area contributed by atoms with Gasteiger partial charge in [0.15, 0.2) is 5.75 Å². The van der Waals surface area contributed by atoms with Crippen LogP contribution in [0.2, 0.25) is 0 Å². The van der Waals surface area contributed by atoms with Crippen molar-refractivity contribution in [3.05, 3.63) is 71.0 Å². The van der Waals surface area contributed by atoms with Crippen molar-refractivity contribution >= 4 is 29.2 Å². The Morgan fingerprint density at radius 1 is 1.13 bits per heavy atom. The normalized spacial score (nSPS) is 14.1. The summed E-state index contributed by atoms with van der Waals surface area (Å²) >= 11 is 1.11. The number of halogens is 3. The molecule has 39 heavy (non-hydrogen) atoms. The van der Waals surface area contributed by atoms with Gasteiger partial charge in [0.2, 0.25) is 0 Å². The lowest BCUT2D eigenvalue weighted by atomic mass is 9.93. The van der Waals surface area contributed by atoms with E-state index in [4.69, 9.17) is 9.47 Å². The zero-order valence-electron chi connectivity index (χ0n) is 21.9. The minimum Gasteiger partial charge on any atom is -0.492 e. The Morgan fingerprint density at radius 2 is 1.87 bits per heavy atom. The molecule has 11 heteroatoms. The summed E-state index contributed by atoms with van der Waals surface area (Å²) in [6, 6.07) is 10.3. The van der Waals surface area contributed by atoms with Gasteiger partial charge < -0.3 is 24.8 Å². The van der Waals surface area contributed by atoms with Crippen LogP contribution in [0.25, 0.3) is 0 Å². The lowest BCUT2D eigenvalue weighted by Crippen LogP contribution is -2.28. The molecule has 7 nitrogen and oxygen atoms in total. The standard InChI is InChI=1S/C28H31F3N4O3S/c1-17-4-5-19(13-25(17)38-22-8-11-33-21(16-22)12-18-6-9-32-10-7-18)27(36)34-23-14-20(28(29,30)31)15-24(35-39-3)26(23)37-2/h4-5,8,11,13-16,18,32,35H,6-7,9-10,12H2,1-3H3,(H,34,36). The number of hydrogen-bond donors (Lipinski definition) is 3. The number of methoxy groups -OCH3 is 1. The number of pyridine rings is 1. The molecule has 1 amide bonds. The van der Waals surface area contributed by atoms with E-state index in [9.17, 15) is 18.0 Å². The molecule has 4 rings (SSSR count). The van der Waals surface area contributed by atoms with Crippen LogP contribution in [0.3, 0.4) is 0 Å². The number of piperidine rings is 1. The average molecular weight is 561 g/mol. The smallest absolute Gasteiger partial charge is 0.416 e. The molecular formula is C28H31F3N4O3S. The minimum atomic E-state index is -4.61. The predicted molar refractivity (Wildman–Crippen MR) is 148 cm³/mol. The van der Waals surface area contributed by atoms with Crippen molar-refractivity contribution in [2.24, 2.45) is 5.92 Å². The van der Waals surface area contributed by atoms with E-state index in [1.54, 1.807) is 36.7 Å². The fourth-order valence-corrected chi connectivity index (χ4v) is 4.85. The topological polar surface area (TPSA) is 84.5 Å². The highest BCUT2D eigenvalue weighted by atomic mass is 32.2. The Kier molecular flexibility index (Phi) is 9.24. The molecule has 0 spiro atoms. The number of anilines is 2. The number of nitrogens with zero attached hydrogens (tertiary/aromatic N) is 1. The summed E-state index contributed by atoms with van der Waals surface area (Å²) in [6.45, 7) is 3.87. The second-order valence-electron chi connectivity index (χ2n) is 9.33. The molecule has 0 atom stereocenters. The number of carbonyl (C=O) groups excluding carboxylic acids is 1. The SMILES string of the molecule is COc1c(NSC)cc(C(F)(F)F)cc1NC(=O)c1ccc(C)c(Oc2ccnc(CC3CCNCC3)c2)c1. The van der Waals surface area contributed by atoms with E-state index in [0.29, 0.717) is 17.4 Å². The van der Waals surface area contributed by atoms with Gasteiger partial charge in [0, 0.05) is 29.8 Å². The van der Waals surface area contributed by atoms with Crippen LogP contribution in [0.5, 0.6) is 17.2 Å². The van der Waals surface area contributed by atoms with Gasteiger partial charge in [0.1, 0.15) is 11.5 Å². The Morgan fingerprint density at radius 3 is 2.56 bits per heavy atom. The number of alkyl halides is 3. The summed E-state index contributed by atoms with van der Waals surface area (Å²) in [5.41, 5.74) is 1.04. The first-order chi connectivity index (χ1) is 18.7. The molecule has 3 N–H and O–H groups in total. The van der Waals surface area contributed by atoms with Crippen LogP contribution in [0.4, 0.5) is 24.5 Å². The fourth-order valence-electron chi connectivity index (χ4n) is 4.48. The molecule has 1 saturated heterocycles. The van der Waals surface area contributed by atoms with Crippen LogP contribution in [0, 0.1) is 12.8 Å². The number of hydrogen-bond acceptors (Lipinski definition) is 7. The highest BCUT2D eigenvalue weighted by Gasteiger charge is 2.33.